The number of hydrogen-bond donors (Lipinski definition) is 1. The maximum atomic E-state index is 5.98. The predicted molar refractivity (Wildman–Crippen MR) is 68.5 cm³/mol. The van der Waals surface area contributed by atoms with Gasteiger partial charge in [-0.2, -0.15) is 0 Å². The minimum Gasteiger partial charge on any atom is -0.330 e. The fourth-order valence-electron chi connectivity index (χ4n) is 2.32. The van der Waals surface area contributed by atoms with Gasteiger partial charge >= 0.3 is 0 Å². The van der Waals surface area contributed by atoms with Crippen molar-refractivity contribution in [3.63, 3.8) is 0 Å². The van der Waals surface area contributed by atoms with Crippen LogP contribution in [0.1, 0.15) is 18.9 Å². The average Bonchev–Trinajstić information content (AvgIpc) is 2.61. The average molecular weight is 239 g/mol. The van der Waals surface area contributed by atoms with E-state index in [4.69, 9.17) is 17.3 Å². The van der Waals surface area contributed by atoms with Crippen molar-refractivity contribution < 1.29 is 0 Å². The van der Waals surface area contributed by atoms with Crippen LogP contribution in [0, 0.1) is 5.41 Å². The number of nitrogens with zero attached hydrogens (tertiary/aromatic N) is 1. The molecule has 2 rings (SSSR count). The van der Waals surface area contributed by atoms with Gasteiger partial charge in [-0.1, -0.05) is 30.7 Å². The Kier molecular flexibility index (Phi) is 3.53. The smallest absolute Gasteiger partial charge is 0.0409 e. The molecule has 0 spiro atoms. The molecule has 16 heavy (non-hydrogen) atoms. The largest absolute Gasteiger partial charge is 0.330 e. The monoisotopic (exact) mass is 238 g/mol. The van der Waals surface area contributed by atoms with Crippen molar-refractivity contribution in [3.8, 4) is 0 Å². The third-order valence-electron chi connectivity index (χ3n) is 3.42. The van der Waals surface area contributed by atoms with Gasteiger partial charge in [0.05, 0.1) is 0 Å². The Hall–Kier alpha value is -0.570. The highest BCUT2D eigenvalue weighted by Crippen LogP contribution is 2.29. The van der Waals surface area contributed by atoms with Gasteiger partial charge in [0.2, 0.25) is 0 Å². The van der Waals surface area contributed by atoms with E-state index in [2.05, 4.69) is 17.9 Å². The van der Waals surface area contributed by atoms with E-state index in [-0.39, 0.29) is 0 Å². The van der Waals surface area contributed by atoms with Gasteiger partial charge in [-0.05, 0) is 42.6 Å². The lowest BCUT2D eigenvalue weighted by Crippen LogP contribution is -2.31. The SMILES string of the molecule is CC1(CN)CCN(Cc2cccc(Cl)c2)C1. The molecule has 1 aromatic rings. The number of nitrogens with two attached hydrogens (primary N) is 1. The minimum atomic E-state index is 0.304. The van der Waals surface area contributed by atoms with E-state index >= 15 is 0 Å². The van der Waals surface area contributed by atoms with Crippen molar-refractivity contribution in [1.82, 2.24) is 4.90 Å². The van der Waals surface area contributed by atoms with Gasteiger partial charge in [0.15, 0.2) is 0 Å². The molecule has 1 aliphatic heterocycles. The van der Waals surface area contributed by atoms with Crippen LogP contribution < -0.4 is 5.73 Å². The van der Waals surface area contributed by atoms with Gasteiger partial charge in [-0.3, -0.25) is 4.90 Å². The molecule has 0 saturated carbocycles. The number of halogens is 1. The van der Waals surface area contributed by atoms with Gasteiger partial charge in [0.25, 0.3) is 0 Å². The van der Waals surface area contributed by atoms with Crippen LogP contribution >= 0.6 is 11.6 Å². The zero-order valence-electron chi connectivity index (χ0n) is 9.75. The topological polar surface area (TPSA) is 29.3 Å². The molecular formula is C13H19ClN2. The van der Waals surface area contributed by atoms with Crippen LogP contribution in [0.3, 0.4) is 0 Å². The molecule has 0 aromatic heterocycles. The number of hydrogen-bond acceptors (Lipinski definition) is 2. The van der Waals surface area contributed by atoms with E-state index < -0.39 is 0 Å². The third-order valence-corrected chi connectivity index (χ3v) is 3.66. The first kappa shape index (κ1) is 11.9. The van der Waals surface area contributed by atoms with Crippen LogP contribution in [0.2, 0.25) is 5.02 Å². The molecular weight excluding hydrogens is 220 g/mol. The van der Waals surface area contributed by atoms with E-state index in [9.17, 15) is 0 Å². The van der Waals surface area contributed by atoms with Crippen molar-refractivity contribution in [3.05, 3.63) is 34.9 Å². The lowest BCUT2D eigenvalue weighted by Gasteiger charge is -2.22. The summed E-state index contributed by atoms with van der Waals surface area (Å²) in [7, 11) is 0. The van der Waals surface area contributed by atoms with Gasteiger partial charge in [0.1, 0.15) is 0 Å². The molecule has 1 aliphatic rings. The molecule has 3 heteroatoms. The summed E-state index contributed by atoms with van der Waals surface area (Å²) in [4.78, 5) is 2.46. The van der Waals surface area contributed by atoms with Crippen molar-refractivity contribution in [2.24, 2.45) is 11.1 Å². The molecule has 0 aliphatic carbocycles. The second kappa shape index (κ2) is 4.74. The van der Waals surface area contributed by atoms with Crippen LogP contribution in [0.15, 0.2) is 24.3 Å². The molecule has 1 heterocycles. The molecule has 1 saturated heterocycles. The normalized spacial score (nSPS) is 26.2. The Balaban J connectivity index is 1.97. The Morgan fingerprint density at radius 3 is 2.94 bits per heavy atom. The molecule has 2 N–H and O–H groups in total. The Morgan fingerprint density at radius 1 is 1.50 bits per heavy atom. The maximum Gasteiger partial charge on any atom is 0.0409 e. The summed E-state index contributed by atoms with van der Waals surface area (Å²) in [6.45, 7) is 6.26. The fraction of sp³-hybridized carbons (Fsp3) is 0.538. The van der Waals surface area contributed by atoms with Crippen molar-refractivity contribution >= 4 is 11.6 Å². The first-order valence-electron chi connectivity index (χ1n) is 5.78. The zero-order valence-corrected chi connectivity index (χ0v) is 10.5. The highest BCUT2D eigenvalue weighted by atomic mass is 35.5. The molecule has 0 amide bonds. The molecule has 2 nitrogen and oxygen atoms in total. The van der Waals surface area contributed by atoms with Crippen molar-refractivity contribution in [1.29, 1.82) is 0 Å². The lowest BCUT2D eigenvalue weighted by molar-refractivity contribution is 0.274. The Bertz CT molecular complexity index is 367. The standard InChI is InChI=1S/C13H19ClN2/c1-13(9-15)5-6-16(10-13)8-11-3-2-4-12(14)7-11/h2-4,7H,5-6,8-10,15H2,1H3. The number of likely N-dealkylation sites (tertiary alicyclic amines) is 1. The Morgan fingerprint density at radius 2 is 2.31 bits per heavy atom. The highest BCUT2D eigenvalue weighted by molar-refractivity contribution is 6.30. The van der Waals surface area contributed by atoms with Crippen LogP contribution in [-0.4, -0.2) is 24.5 Å². The fourth-order valence-corrected chi connectivity index (χ4v) is 2.53. The summed E-state index contributed by atoms with van der Waals surface area (Å²) >= 11 is 5.98. The first-order valence-corrected chi connectivity index (χ1v) is 6.16. The van der Waals surface area contributed by atoms with Crippen molar-refractivity contribution in [2.45, 2.75) is 19.9 Å². The van der Waals surface area contributed by atoms with Crippen LogP contribution in [0.25, 0.3) is 0 Å². The van der Waals surface area contributed by atoms with Gasteiger partial charge in [-0.25, -0.2) is 0 Å². The van der Waals surface area contributed by atoms with Gasteiger partial charge in [-0.15, -0.1) is 0 Å². The van der Waals surface area contributed by atoms with Gasteiger partial charge in [0, 0.05) is 18.1 Å². The van der Waals surface area contributed by atoms with E-state index in [0.717, 1.165) is 31.2 Å². The van der Waals surface area contributed by atoms with Crippen molar-refractivity contribution in [2.75, 3.05) is 19.6 Å². The Labute approximate surface area is 102 Å². The van der Waals surface area contributed by atoms with E-state index in [1.165, 1.54) is 12.0 Å². The molecule has 1 fully saturated rings. The second-order valence-corrected chi connectivity index (χ2v) is 5.54. The molecule has 0 bridgehead atoms. The third kappa shape index (κ3) is 2.76. The summed E-state index contributed by atoms with van der Waals surface area (Å²) in [6, 6.07) is 8.10. The molecule has 1 atom stereocenters. The van der Waals surface area contributed by atoms with E-state index in [1.54, 1.807) is 0 Å². The second-order valence-electron chi connectivity index (χ2n) is 5.11. The number of rotatable bonds is 3. The summed E-state index contributed by atoms with van der Waals surface area (Å²) < 4.78 is 0. The summed E-state index contributed by atoms with van der Waals surface area (Å²) in [6.07, 6.45) is 1.20. The highest BCUT2D eigenvalue weighted by Gasteiger charge is 2.32. The van der Waals surface area contributed by atoms with Crippen LogP contribution in [-0.2, 0) is 6.54 Å². The quantitative estimate of drug-likeness (QED) is 0.877. The number of benzene rings is 1. The summed E-state index contributed by atoms with van der Waals surface area (Å²) in [5.41, 5.74) is 7.39. The maximum absolute atomic E-state index is 5.98. The van der Waals surface area contributed by atoms with E-state index in [1.807, 2.05) is 18.2 Å². The summed E-state index contributed by atoms with van der Waals surface area (Å²) in [5, 5.41) is 0.818. The zero-order chi connectivity index (χ0) is 11.6. The van der Waals surface area contributed by atoms with Crippen LogP contribution in [0.4, 0.5) is 0 Å². The molecule has 1 unspecified atom stereocenters. The lowest BCUT2D eigenvalue weighted by atomic mass is 9.90. The van der Waals surface area contributed by atoms with Gasteiger partial charge < -0.3 is 5.73 Å². The first-order chi connectivity index (χ1) is 7.61. The minimum absolute atomic E-state index is 0.304. The molecule has 0 radical (unpaired) electrons. The van der Waals surface area contributed by atoms with Crippen LogP contribution in [0.5, 0.6) is 0 Å². The predicted octanol–water partition coefficient (Wildman–Crippen LogP) is 2.51. The molecule has 88 valence electrons. The molecule has 1 aromatic carbocycles. The summed E-state index contributed by atoms with van der Waals surface area (Å²) in [5.74, 6) is 0. The van der Waals surface area contributed by atoms with E-state index in [0.29, 0.717) is 5.41 Å².